The highest BCUT2D eigenvalue weighted by Gasteiger charge is 2.15. The molecule has 0 spiro atoms. The fourth-order valence-corrected chi connectivity index (χ4v) is 3.39. The van der Waals surface area contributed by atoms with E-state index in [9.17, 15) is 4.79 Å². The van der Waals surface area contributed by atoms with Crippen LogP contribution in [0.3, 0.4) is 0 Å². The van der Waals surface area contributed by atoms with Crippen molar-refractivity contribution in [2.75, 3.05) is 36.5 Å². The molecule has 7 nitrogen and oxygen atoms in total. The number of ether oxygens (including phenoxy) is 1. The van der Waals surface area contributed by atoms with E-state index in [1.807, 2.05) is 36.5 Å². The number of nitrogens with zero attached hydrogens (tertiary/aromatic N) is 4. The molecule has 0 radical (unpaired) electrons. The third kappa shape index (κ3) is 4.30. The maximum atomic E-state index is 12.7. The molecule has 2 aromatic heterocycles. The number of nitrogens with one attached hydrogen (secondary N) is 1. The molecule has 1 aliphatic heterocycles. The van der Waals surface area contributed by atoms with Crippen LogP contribution in [0.2, 0.25) is 0 Å². The van der Waals surface area contributed by atoms with Crippen LogP contribution in [0.25, 0.3) is 5.69 Å². The van der Waals surface area contributed by atoms with Crippen molar-refractivity contribution in [3.63, 3.8) is 0 Å². The first-order chi connectivity index (χ1) is 14.1. The minimum absolute atomic E-state index is 0.153. The lowest BCUT2D eigenvalue weighted by Gasteiger charge is -2.27. The van der Waals surface area contributed by atoms with Gasteiger partial charge in [0.1, 0.15) is 11.6 Å². The highest BCUT2D eigenvalue weighted by Crippen LogP contribution is 2.20. The molecule has 0 saturated carbocycles. The Bertz CT molecular complexity index is 975. The number of imidazole rings is 1. The van der Waals surface area contributed by atoms with Crippen molar-refractivity contribution in [2.24, 2.45) is 0 Å². The standard InChI is InChI=1S/C22H25N5O2/c1-16(2)21-24-9-10-27(21)19-5-3-18(4-6-19)25-22(28)17-7-8-23-20(15-17)26-11-13-29-14-12-26/h3-10,15-16H,11-14H2,1-2H3,(H,25,28). The Hall–Kier alpha value is -3.19. The molecule has 0 atom stereocenters. The van der Waals surface area contributed by atoms with Crippen LogP contribution in [0.5, 0.6) is 0 Å². The minimum atomic E-state index is -0.153. The summed E-state index contributed by atoms with van der Waals surface area (Å²) in [7, 11) is 0. The second-order valence-corrected chi connectivity index (χ2v) is 7.31. The first-order valence-corrected chi connectivity index (χ1v) is 9.85. The molecule has 1 amide bonds. The van der Waals surface area contributed by atoms with Crippen LogP contribution in [0.4, 0.5) is 11.5 Å². The molecule has 3 heterocycles. The number of hydrogen-bond acceptors (Lipinski definition) is 5. The molecular formula is C22H25N5O2. The van der Waals surface area contributed by atoms with Gasteiger partial charge in [0.2, 0.25) is 0 Å². The Morgan fingerprint density at radius 2 is 1.83 bits per heavy atom. The summed E-state index contributed by atoms with van der Waals surface area (Å²) in [6.07, 6.45) is 5.43. The molecule has 1 aliphatic rings. The second-order valence-electron chi connectivity index (χ2n) is 7.31. The smallest absolute Gasteiger partial charge is 0.255 e. The zero-order valence-corrected chi connectivity index (χ0v) is 16.7. The number of rotatable bonds is 5. The van der Waals surface area contributed by atoms with Crippen LogP contribution in [-0.4, -0.2) is 46.7 Å². The lowest BCUT2D eigenvalue weighted by molar-refractivity contribution is 0.102. The largest absolute Gasteiger partial charge is 0.378 e. The summed E-state index contributed by atoms with van der Waals surface area (Å²) in [5.74, 6) is 1.99. The van der Waals surface area contributed by atoms with E-state index in [4.69, 9.17) is 4.74 Å². The van der Waals surface area contributed by atoms with E-state index in [0.29, 0.717) is 24.7 Å². The van der Waals surface area contributed by atoms with Crippen molar-refractivity contribution in [1.29, 1.82) is 0 Å². The Labute approximate surface area is 170 Å². The van der Waals surface area contributed by atoms with Crippen molar-refractivity contribution < 1.29 is 9.53 Å². The van der Waals surface area contributed by atoms with E-state index in [2.05, 4.69) is 38.6 Å². The lowest BCUT2D eigenvalue weighted by Crippen LogP contribution is -2.36. The van der Waals surface area contributed by atoms with Crippen LogP contribution in [0.15, 0.2) is 55.0 Å². The van der Waals surface area contributed by atoms with Crippen LogP contribution < -0.4 is 10.2 Å². The summed E-state index contributed by atoms with van der Waals surface area (Å²) in [4.78, 5) is 23.7. The summed E-state index contributed by atoms with van der Waals surface area (Å²) in [5, 5.41) is 2.96. The molecule has 0 aliphatic carbocycles. The average molecular weight is 391 g/mol. The molecule has 4 rings (SSSR count). The van der Waals surface area contributed by atoms with E-state index in [1.54, 1.807) is 18.5 Å². The summed E-state index contributed by atoms with van der Waals surface area (Å²) < 4.78 is 7.44. The molecule has 3 aromatic rings. The lowest BCUT2D eigenvalue weighted by atomic mass is 10.2. The molecule has 29 heavy (non-hydrogen) atoms. The van der Waals surface area contributed by atoms with Gasteiger partial charge in [-0.15, -0.1) is 0 Å². The van der Waals surface area contributed by atoms with Gasteiger partial charge in [0, 0.05) is 54.5 Å². The Morgan fingerprint density at radius 1 is 1.07 bits per heavy atom. The zero-order valence-electron chi connectivity index (χ0n) is 16.7. The number of hydrogen-bond donors (Lipinski definition) is 1. The van der Waals surface area contributed by atoms with Gasteiger partial charge >= 0.3 is 0 Å². The first-order valence-electron chi connectivity index (χ1n) is 9.85. The number of benzene rings is 1. The number of pyridine rings is 1. The number of anilines is 2. The van der Waals surface area contributed by atoms with Gasteiger partial charge in [-0.25, -0.2) is 9.97 Å². The van der Waals surface area contributed by atoms with E-state index in [0.717, 1.165) is 36.1 Å². The fourth-order valence-electron chi connectivity index (χ4n) is 3.39. The maximum absolute atomic E-state index is 12.7. The highest BCUT2D eigenvalue weighted by molar-refractivity contribution is 6.04. The van der Waals surface area contributed by atoms with Gasteiger partial charge < -0.3 is 19.5 Å². The Balaban J connectivity index is 1.47. The van der Waals surface area contributed by atoms with Gasteiger partial charge in [0.15, 0.2) is 0 Å². The number of morpholine rings is 1. The predicted molar refractivity (Wildman–Crippen MR) is 113 cm³/mol. The number of carbonyl (C=O) groups is 1. The van der Waals surface area contributed by atoms with Crippen LogP contribution in [0.1, 0.15) is 35.9 Å². The van der Waals surface area contributed by atoms with Crippen molar-refractivity contribution in [1.82, 2.24) is 14.5 Å². The molecule has 1 saturated heterocycles. The molecule has 150 valence electrons. The number of carbonyl (C=O) groups excluding carboxylic acids is 1. The van der Waals surface area contributed by atoms with Crippen LogP contribution in [0, 0.1) is 0 Å². The summed E-state index contributed by atoms with van der Waals surface area (Å²) in [6.45, 7) is 7.17. The van der Waals surface area contributed by atoms with Gasteiger partial charge in [-0.1, -0.05) is 13.8 Å². The molecular weight excluding hydrogens is 366 g/mol. The highest BCUT2D eigenvalue weighted by atomic mass is 16.5. The summed E-state index contributed by atoms with van der Waals surface area (Å²) in [6, 6.07) is 11.3. The summed E-state index contributed by atoms with van der Waals surface area (Å²) >= 11 is 0. The molecule has 0 unspecified atom stereocenters. The molecule has 0 bridgehead atoms. The summed E-state index contributed by atoms with van der Waals surface area (Å²) in [5.41, 5.74) is 2.35. The van der Waals surface area contributed by atoms with E-state index < -0.39 is 0 Å². The molecule has 1 N–H and O–H groups in total. The maximum Gasteiger partial charge on any atom is 0.255 e. The van der Waals surface area contributed by atoms with E-state index in [-0.39, 0.29) is 5.91 Å². The SMILES string of the molecule is CC(C)c1nccn1-c1ccc(NC(=O)c2ccnc(N3CCOCC3)c2)cc1. The van der Waals surface area contributed by atoms with Crippen LogP contribution in [-0.2, 0) is 4.74 Å². The van der Waals surface area contributed by atoms with Gasteiger partial charge in [-0.3, -0.25) is 4.79 Å². The van der Waals surface area contributed by atoms with Crippen molar-refractivity contribution >= 4 is 17.4 Å². The molecule has 1 aromatic carbocycles. The topological polar surface area (TPSA) is 72.3 Å². The van der Waals surface area contributed by atoms with Crippen molar-refractivity contribution in [3.05, 3.63) is 66.4 Å². The Morgan fingerprint density at radius 3 is 2.55 bits per heavy atom. The molecule has 1 fully saturated rings. The number of amides is 1. The van der Waals surface area contributed by atoms with E-state index in [1.165, 1.54) is 0 Å². The minimum Gasteiger partial charge on any atom is -0.378 e. The monoisotopic (exact) mass is 391 g/mol. The second kappa shape index (κ2) is 8.45. The normalized spacial score (nSPS) is 14.2. The Kier molecular flexibility index (Phi) is 5.57. The van der Waals surface area contributed by atoms with Crippen molar-refractivity contribution in [3.8, 4) is 5.69 Å². The van der Waals surface area contributed by atoms with Gasteiger partial charge in [0.05, 0.1) is 13.2 Å². The molecule has 7 heteroatoms. The number of aromatic nitrogens is 3. The van der Waals surface area contributed by atoms with Gasteiger partial charge in [-0.2, -0.15) is 0 Å². The van der Waals surface area contributed by atoms with Gasteiger partial charge in [-0.05, 0) is 36.4 Å². The third-order valence-electron chi connectivity index (χ3n) is 4.93. The van der Waals surface area contributed by atoms with Crippen LogP contribution >= 0.6 is 0 Å². The quantitative estimate of drug-likeness (QED) is 0.721. The third-order valence-corrected chi connectivity index (χ3v) is 4.93. The van der Waals surface area contributed by atoms with E-state index >= 15 is 0 Å². The first kappa shape index (κ1) is 19.1. The average Bonchev–Trinajstić information content (AvgIpc) is 3.25. The van der Waals surface area contributed by atoms with Crippen molar-refractivity contribution in [2.45, 2.75) is 19.8 Å². The fraction of sp³-hybridized carbons (Fsp3) is 0.318. The zero-order chi connectivity index (χ0) is 20.2. The van der Waals surface area contributed by atoms with Gasteiger partial charge in [0.25, 0.3) is 5.91 Å². The predicted octanol–water partition coefficient (Wildman–Crippen LogP) is 3.48.